The van der Waals surface area contributed by atoms with Crippen molar-refractivity contribution in [2.24, 2.45) is 0 Å². The molecule has 0 saturated carbocycles. The fourth-order valence-electron chi connectivity index (χ4n) is 2.29. The molecular formula is C16H15BrN2O. The van der Waals surface area contributed by atoms with Crippen molar-refractivity contribution in [3.05, 3.63) is 58.2 Å². The molecule has 0 aliphatic rings. The number of nitrogens with zero attached hydrogens (tertiary/aromatic N) is 2. The van der Waals surface area contributed by atoms with Crippen LogP contribution in [0.2, 0.25) is 0 Å². The van der Waals surface area contributed by atoms with Gasteiger partial charge in [0.2, 0.25) is 0 Å². The van der Waals surface area contributed by atoms with E-state index in [1.165, 1.54) is 16.6 Å². The number of methoxy groups -OCH3 is 1. The van der Waals surface area contributed by atoms with Gasteiger partial charge in [-0.25, -0.2) is 0 Å². The largest absolute Gasteiger partial charge is 0.497 e. The lowest BCUT2D eigenvalue weighted by Gasteiger charge is -2.05. The van der Waals surface area contributed by atoms with Crippen molar-refractivity contribution in [1.29, 1.82) is 0 Å². The number of hydrogen-bond donors (Lipinski definition) is 0. The lowest BCUT2D eigenvalue weighted by atomic mass is 10.2. The van der Waals surface area contributed by atoms with Crippen LogP contribution < -0.4 is 4.74 Å². The Hall–Kier alpha value is -1.81. The van der Waals surface area contributed by atoms with Gasteiger partial charge in [0.15, 0.2) is 0 Å². The molecule has 4 heteroatoms. The van der Waals surface area contributed by atoms with E-state index in [1.807, 2.05) is 28.9 Å². The molecule has 0 atom stereocenters. The number of hydrogen-bond acceptors (Lipinski definition) is 2. The van der Waals surface area contributed by atoms with Crippen molar-refractivity contribution < 1.29 is 4.74 Å². The number of aryl methyl sites for hydroxylation is 1. The number of fused-ring (bicyclic) bond motifs is 1. The third kappa shape index (κ3) is 2.43. The Morgan fingerprint density at radius 1 is 1.15 bits per heavy atom. The molecule has 0 unspecified atom stereocenters. The highest BCUT2D eigenvalue weighted by molar-refractivity contribution is 9.10. The molecule has 0 bridgehead atoms. The summed E-state index contributed by atoms with van der Waals surface area (Å²) in [5.74, 6) is 0.875. The first-order chi connectivity index (χ1) is 9.67. The van der Waals surface area contributed by atoms with E-state index in [1.54, 1.807) is 7.11 Å². The van der Waals surface area contributed by atoms with Crippen molar-refractivity contribution in [3.8, 4) is 5.75 Å². The minimum Gasteiger partial charge on any atom is -0.497 e. The quantitative estimate of drug-likeness (QED) is 0.720. The van der Waals surface area contributed by atoms with Crippen LogP contribution in [0.15, 0.2) is 46.9 Å². The van der Waals surface area contributed by atoms with E-state index in [0.717, 1.165) is 22.3 Å². The highest BCUT2D eigenvalue weighted by Crippen LogP contribution is 2.23. The third-order valence-corrected chi connectivity index (χ3v) is 3.95. The standard InChI is InChI=1S/C16H15BrN2O/c1-11-15-9-13(17)5-8-16(15)18-19(11)10-12-3-6-14(20-2)7-4-12/h3-9H,10H2,1-2H3. The highest BCUT2D eigenvalue weighted by atomic mass is 79.9. The van der Waals surface area contributed by atoms with Crippen LogP contribution in [0.3, 0.4) is 0 Å². The molecule has 20 heavy (non-hydrogen) atoms. The van der Waals surface area contributed by atoms with Crippen molar-refractivity contribution in [2.45, 2.75) is 13.5 Å². The zero-order valence-electron chi connectivity index (χ0n) is 11.4. The minimum absolute atomic E-state index is 0.766. The topological polar surface area (TPSA) is 27.1 Å². The molecule has 0 aliphatic carbocycles. The molecule has 0 spiro atoms. The van der Waals surface area contributed by atoms with Crippen molar-refractivity contribution >= 4 is 26.8 Å². The fourth-order valence-corrected chi connectivity index (χ4v) is 2.65. The zero-order chi connectivity index (χ0) is 14.1. The van der Waals surface area contributed by atoms with Gasteiger partial charge in [-0.2, -0.15) is 5.10 Å². The second-order valence-corrected chi connectivity index (χ2v) is 5.67. The summed E-state index contributed by atoms with van der Waals surface area (Å²) in [5, 5.41) is 5.84. The van der Waals surface area contributed by atoms with E-state index in [9.17, 15) is 0 Å². The van der Waals surface area contributed by atoms with Gasteiger partial charge in [-0.3, -0.25) is 4.68 Å². The lowest BCUT2D eigenvalue weighted by Crippen LogP contribution is -2.03. The summed E-state index contributed by atoms with van der Waals surface area (Å²) in [7, 11) is 1.68. The molecule has 0 saturated heterocycles. The van der Waals surface area contributed by atoms with Gasteiger partial charge in [0.1, 0.15) is 5.75 Å². The van der Waals surface area contributed by atoms with Crippen molar-refractivity contribution in [1.82, 2.24) is 9.78 Å². The van der Waals surface area contributed by atoms with Crippen LogP contribution in [-0.4, -0.2) is 16.9 Å². The smallest absolute Gasteiger partial charge is 0.118 e. The molecule has 3 aromatic rings. The molecule has 1 aromatic heterocycles. The van der Waals surface area contributed by atoms with Gasteiger partial charge < -0.3 is 4.74 Å². The molecule has 0 aliphatic heterocycles. The number of ether oxygens (including phenoxy) is 1. The Kier molecular flexibility index (Phi) is 3.49. The second kappa shape index (κ2) is 5.29. The predicted molar refractivity (Wildman–Crippen MR) is 84.3 cm³/mol. The Morgan fingerprint density at radius 3 is 2.60 bits per heavy atom. The van der Waals surface area contributed by atoms with Crippen LogP contribution in [0.1, 0.15) is 11.3 Å². The Morgan fingerprint density at radius 2 is 1.90 bits per heavy atom. The number of aromatic nitrogens is 2. The van der Waals surface area contributed by atoms with E-state index in [0.29, 0.717) is 0 Å². The number of benzene rings is 2. The molecule has 0 amide bonds. The zero-order valence-corrected chi connectivity index (χ0v) is 13.0. The monoisotopic (exact) mass is 330 g/mol. The van der Waals surface area contributed by atoms with Crippen LogP contribution in [0.4, 0.5) is 0 Å². The van der Waals surface area contributed by atoms with Crippen LogP contribution in [0, 0.1) is 6.92 Å². The van der Waals surface area contributed by atoms with E-state index in [4.69, 9.17) is 4.74 Å². The van der Waals surface area contributed by atoms with Crippen molar-refractivity contribution in [2.75, 3.05) is 7.11 Å². The van der Waals surface area contributed by atoms with Gasteiger partial charge in [0.25, 0.3) is 0 Å². The Balaban J connectivity index is 1.95. The molecule has 3 nitrogen and oxygen atoms in total. The molecule has 2 aromatic carbocycles. The lowest BCUT2D eigenvalue weighted by molar-refractivity contribution is 0.414. The highest BCUT2D eigenvalue weighted by Gasteiger charge is 2.08. The molecule has 0 N–H and O–H groups in total. The first-order valence-corrected chi connectivity index (χ1v) is 7.22. The van der Waals surface area contributed by atoms with Crippen LogP contribution in [-0.2, 0) is 6.54 Å². The summed E-state index contributed by atoms with van der Waals surface area (Å²) < 4.78 is 8.30. The van der Waals surface area contributed by atoms with E-state index >= 15 is 0 Å². The maximum absolute atomic E-state index is 5.18. The van der Waals surface area contributed by atoms with E-state index in [2.05, 4.69) is 46.2 Å². The van der Waals surface area contributed by atoms with Crippen LogP contribution in [0.25, 0.3) is 10.9 Å². The molecule has 102 valence electrons. The van der Waals surface area contributed by atoms with Gasteiger partial charge in [-0.15, -0.1) is 0 Å². The normalized spacial score (nSPS) is 10.9. The van der Waals surface area contributed by atoms with Gasteiger partial charge in [-0.05, 0) is 42.8 Å². The van der Waals surface area contributed by atoms with Gasteiger partial charge in [-0.1, -0.05) is 28.1 Å². The second-order valence-electron chi connectivity index (χ2n) is 4.75. The molecule has 3 rings (SSSR count). The van der Waals surface area contributed by atoms with E-state index in [-0.39, 0.29) is 0 Å². The first-order valence-electron chi connectivity index (χ1n) is 6.43. The molecule has 0 radical (unpaired) electrons. The van der Waals surface area contributed by atoms with Gasteiger partial charge in [0.05, 0.1) is 19.2 Å². The van der Waals surface area contributed by atoms with Gasteiger partial charge >= 0.3 is 0 Å². The SMILES string of the molecule is COc1ccc(Cn2nc3ccc(Br)cc3c2C)cc1. The first kappa shape index (κ1) is 13.2. The third-order valence-electron chi connectivity index (χ3n) is 3.46. The van der Waals surface area contributed by atoms with Crippen molar-refractivity contribution in [3.63, 3.8) is 0 Å². The summed E-state index contributed by atoms with van der Waals surface area (Å²) in [6.45, 7) is 2.87. The molecule has 0 fully saturated rings. The average molecular weight is 331 g/mol. The maximum atomic E-state index is 5.18. The predicted octanol–water partition coefficient (Wildman–Crippen LogP) is 4.16. The van der Waals surface area contributed by atoms with Crippen LogP contribution >= 0.6 is 15.9 Å². The molecular weight excluding hydrogens is 316 g/mol. The summed E-state index contributed by atoms with van der Waals surface area (Å²) in [5.41, 5.74) is 3.41. The summed E-state index contributed by atoms with van der Waals surface area (Å²) in [6.07, 6.45) is 0. The number of rotatable bonds is 3. The number of halogens is 1. The Labute approximate surface area is 126 Å². The van der Waals surface area contributed by atoms with E-state index < -0.39 is 0 Å². The van der Waals surface area contributed by atoms with Crippen LogP contribution in [0.5, 0.6) is 5.75 Å². The fraction of sp³-hybridized carbons (Fsp3) is 0.188. The Bertz CT molecular complexity index is 747. The summed E-state index contributed by atoms with van der Waals surface area (Å²) in [4.78, 5) is 0. The summed E-state index contributed by atoms with van der Waals surface area (Å²) in [6, 6.07) is 14.3. The minimum atomic E-state index is 0.766. The van der Waals surface area contributed by atoms with Gasteiger partial charge in [0, 0.05) is 15.6 Å². The average Bonchev–Trinajstić information content (AvgIpc) is 2.76. The summed E-state index contributed by atoms with van der Waals surface area (Å²) >= 11 is 3.51. The maximum Gasteiger partial charge on any atom is 0.118 e. The molecule has 1 heterocycles.